The monoisotopic (exact) mass is 336 g/mol. The fourth-order valence-electron chi connectivity index (χ4n) is 2.24. The number of hydrogen-bond donors (Lipinski definition) is 2. The van der Waals surface area contributed by atoms with Gasteiger partial charge in [0.25, 0.3) is 0 Å². The van der Waals surface area contributed by atoms with E-state index < -0.39 is 0 Å². The molecule has 0 saturated carbocycles. The summed E-state index contributed by atoms with van der Waals surface area (Å²) in [7, 11) is 0. The van der Waals surface area contributed by atoms with Crippen molar-refractivity contribution < 1.29 is 0 Å². The Bertz CT molecular complexity index is 814. The number of anilines is 3. The first-order valence-electron chi connectivity index (χ1n) is 7.86. The molecule has 3 N–H and O–H groups in total. The molecule has 0 bridgehead atoms. The summed E-state index contributed by atoms with van der Waals surface area (Å²) in [6.07, 6.45) is 2.56. The van der Waals surface area contributed by atoms with Crippen LogP contribution in [-0.4, -0.2) is 9.97 Å². The highest BCUT2D eigenvalue weighted by molar-refractivity contribution is 7.99. The van der Waals surface area contributed by atoms with Crippen molar-refractivity contribution in [3.05, 3.63) is 66.0 Å². The van der Waals surface area contributed by atoms with Crippen molar-refractivity contribution in [1.82, 2.24) is 9.97 Å². The lowest BCUT2D eigenvalue weighted by Crippen LogP contribution is -2.02. The van der Waals surface area contributed by atoms with Crippen LogP contribution in [0.2, 0.25) is 0 Å². The average molecular weight is 336 g/mol. The second kappa shape index (κ2) is 7.36. The maximum Gasteiger partial charge on any atom is 0.158 e. The van der Waals surface area contributed by atoms with Gasteiger partial charge in [-0.05, 0) is 43.2 Å². The molecule has 0 aliphatic carbocycles. The first kappa shape index (κ1) is 16.3. The van der Waals surface area contributed by atoms with Gasteiger partial charge in [-0.2, -0.15) is 0 Å². The predicted octanol–water partition coefficient (Wildman–Crippen LogP) is 4.82. The molecule has 0 saturated heterocycles. The largest absolute Gasteiger partial charge is 0.394 e. The first-order valence-corrected chi connectivity index (χ1v) is 8.68. The molecule has 0 unspecified atom stereocenters. The molecule has 0 aliphatic rings. The minimum Gasteiger partial charge on any atom is -0.394 e. The third kappa shape index (κ3) is 3.86. The van der Waals surface area contributed by atoms with E-state index in [0.717, 1.165) is 22.0 Å². The second-order valence-corrected chi connectivity index (χ2v) is 6.59. The minimum absolute atomic E-state index is 0.558. The number of nitrogens with one attached hydrogen (secondary N) is 1. The molecular weight excluding hydrogens is 316 g/mol. The molecule has 3 rings (SSSR count). The molecule has 2 aromatic carbocycles. The number of nitrogens with zero attached hydrogens (tertiary/aromatic N) is 2. The molecule has 0 atom stereocenters. The van der Waals surface area contributed by atoms with E-state index in [2.05, 4.69) is 65.5 Å². The molecule has 0 spiro atoms. The summed E-state index contributed by atoms with van der Waals surface area (Å²) >= 11 is 1.54. The number of nitrogens with two attached hydrogens (primary N) is 1. The van der Waals surface area contributed by atoms with Crippen LogP contribution in [-0.2, 0) is 6.42 Å². The Kier molecular flexibility index (Phi) is 5.01. The molecule has 4 nitrogen and oxygen atoms in total. The standard InChI is InChI=1S/C19H20N4S/c1-3-14-6-8-15(9-7-14)23-18-17(20)19(22-12-21-18)24-16-10-4-13(2)5-11-16/h4-12H,3,20H2,1-2H3,(H,21,22,23). The van der Waals surface area contributed by atoms with E-state index >= 15 is 0 Å². The maximum absolute atomic E-state index is 6.26. The van der Waals surface area contributed by atoms with E-state index in [-0.39, 0.29) is 0 Å². The Morgan fingerprint density at radius 2 is 1.71 bits per heavy atom. The van der Waals surface area contributed by atoms with E-state index in [0.29, 0.717) is 11.5 Å². The highest BCUT2D eigenvalue weighted by atomic mass is 32.2. The van der Waals surface area contributed by atoms with Crippen molar-refractivity contribution >= 4 is 29.0 Å². The Balaban J connectivity index is 1.80. The number of aromatic nitrogens is 2. The number of rotatable bonds is 5. The van der Waals surface area contributed by atoms with Gasteiger partial charge in [0.2, 0.25) is 0 Å². The first-order chi connectivity index (χ1) is 11.7. The summed E-state index contributed by atoms with van der Waals surface area (Å²) < 4.78 is 0. The number of nitrogen functional groups attached to an aromatic ring is 1. The van der Waals surface area contributed by atoms with Gasteiger partial charge in [-0.25, -0.2) is 9.97 Å². The van der Waals surface area contributed by atoms with Gasteiger partial charge < -0.3 is 11.1 Å². The third-order valence-electron chi connectivity index (χ3n) is 3.71. The van der Waals surface area contributed by atoms with Crippen molar-refractivity contribution in [2.45, 2.75) is 30.2 Å². The van der Waals surface area contributed by atoms with Gasteiger partial charge in [-0.1, -0.05) is 48.5 Å². The zero-order chi connectivity index (χ0) is 16.9. The molecule has 0 amide bonds. The van der Waals surface area contributed by atoms with Crippen LogP contribution in [0.1, 0.15) is 18.1 Å². The lowest BCUT2D eigenvalue weighted by atomic mass is 10.1. The lowest BCUT2D eigenvalue weighted by Gasteiger charge is -2.11. The molecule has 5 heteroatoms. The van der Waals surface area contributed by atoms with E-state index in [1.807, 2.05) is 12.1 Å². The van der Waals surface area contributed by atoms with Crippen molar-refractivity contribution in [1.29, 1.82) is 0 Å². The quantitative estimate of drug-likeness (QED) is 0.654. The number of aryl methyl sites for hydroxylation is 2. The van der Waals surface area contributed by atoms with E-state index in [1.54, 1.807) is 0 Å². The fraction of sp³-hybridized carbons (Fsp3) is 0.158. The van der Waals surface area contributed by atoms with Crippen LogP contribution in [0.15, 0.2) is 64.8 Å². The average Bonchev–Trinajstić information content (AvgIpc) is 2.61. The van der Waals surface area contributed by atoms with Crippen LogP contribution >= 0.6 is 11.8 Å². The lowest BCUT2D eigenvalue weighted by molar-refractivity contribution is 1.06. The molecular formula is C19H20N4S. The zero-order valence-corrected chi connectivity index (χ0v) is 14.6. The Hall–Kier alpha value is -2.53. The van der Waals surface area contributed by atoms with Crippen LogP contribution in [0.5, 0.6) is 0 Å². The fourth-order valence-corrected chi connectivity index (χ4v) is 3.04. The zero-order valence-electron chi connectivity index (χ0n) is 13.8. The van der Waals surface area contributed by atoms with Crippen molar-refractivity contribution in [2.24, 2.45) is 0 Å². The third-order valence-corrected chi connectivity index (χ3v) is 4.73. The van der Waals surface area contributed by atoms with E-state index in [1.165, 1.54) is 29.2 Å². The normalized spacial score (nSPS) is 10.6. The Morgan fingerprint density at radius 3 is 2.38 bits per heavy atom. The van der Waals surface area contributed by atoms with Gasteiger partial charge in [-0.3, -0.25) is 0 Å². The smallest absolute Gasteiger partial charge is 0.158 e. The van der Waals surface area contributed by atoms with Gasteiger partial charge in [0.15, 0.2) is 5.82 Å². The number of benzene rings is 2. The van der Waals surface area contributed by atoms with Crippen molar-refractivity contribution in [3.63, 3.8) is 0 Å². The van der Waals surface area contributed by atoms with Crippen molar-refractivity contribution in [3.8, 4) is 0 Å². The highest BCUT2D eigenvalue weighted by Crippen LogP contribution is 2.34. The number of hydrogen-bond acceptors (Lipinski definition) is 5. The minimum atomic E-state index is 0.558. The Labute approximate surface area is 146 Å². The molecule has 3 aromatic rings. The van der Waals surface area contributed by atoms with Gasteiger partial charge >= 0.3 is 0 Å². The molecule has 1 heterocycles. The predicted molar refractivity (Wildman–Crippen MR) is 101 cm³/mol. The SMILES string of the molecule is CCc1ccc(Nc2ncnc(Sc3ccc(C)cc3)c2N)cc1. The summed E-state index contributed by atoms with van der Waals surface area (Å²) in [5.74, 6) is 0.629. The van der Waals surface area contributed by atoms with Crippen LogP contribution in [0.4, 0.5) is 17.2 Å². The summed E-state index contributed by atoms with van der Waals surface area (Å²) in [6, 6.07) is 16.6. The summed E-state index contributed by atoms with van der Waals surface area (Å²) in [5, 5.41) is 4.02. The molecule has 0 radical (unpaired) electrons. The van der Waals surface area contributed by atoms with Crippen LogP contribution in [0, 0.1) is 6.92 Å². The summed E-state index contributed by atoms with van der Waals surface area (Å²) in [4.78, 5) is 9.69. The molecule has 1 aromatic heterocycles. The Morgan fingerprint density at radius 1 is 1.00 bits per heavy atom. The highest BCUT2D eigenvalue weighted by Gasteiger charge is 2.10. The van der Waals surface area contributed by atoms with Gasteiger partial charge in [0.05, 0.1) is 0 Å². The second-order valence-electron chi connectivity index (χ2n) is 5.53. The molecule has 0 fully saturated rings. The van der Waals surface area contributed by atoms with E-state index in [4.69, 9.17) is 5.73 Å². The maximum atomic E-state index is 6.26. The molecule has 0 aliphatic heterocycles. The van der Waals surface area contributed by atoms with Crippen LogP contribution in [0.25, 0.3) is 0 Å². The van der Waals surface area contributed by atoms with Gasteiger partial charge in [0, 0.05) is 10.6 Å². The molecule has 24 heavy (non-hydrogen) atoms. The topological polar surface area (TPSA) is 63.8 Å². The molecule has 122 valence electrons. The van der Waals surface area contributed by atoms with Crippen LogP contribution < -0.4 is 11.1 Å². The van der Waals surface area contributed by atoms with Crippen LogP contribution in [0.3, 0.4) is 0 Å². The van der Waals surface area contributed by atoms with Gasteiger partial charge in [0.1, 0.15) is 17.0 Å². The summed E-state index contributed by atoms with van der Waals surface area (Å²) in [6.45, 7) is 4.21. The summed E-state index contributed by atoms with van der Waals surface area (Å²) in [5.41, 5.74) is 10.3. The van der Waals surface area contributed by atoms with Gasteiger partial charge in [-0.15, -0.1) is 0 Å². The van der Waals surface area contributed by atoms with E-state index in [9.17, 15) is 0 Å². The van der Waals surface area contributed by atoms with Crippen molar-refractivity contribution in [2.75, 3.05) is 11.1 Å².